The molecular formula is C15H14N4O. The molecule has 0 saturated carbocycles. The molecule has 5 heteroatoms. The van der Waals surface area contributed by atoms with Crippen molar-refractivity contribution >= 4 is 11.0 Å². The molecule has 0 saturated heterocycles. The molecule has 2 heterocycles. The van der Waals surface area contributed by atoms with Crippen molar-refractivity contribution in [1.29, 1.82) is 10.5 Å². The van der Waals surface area contributed by atoms with Crippen LogP contribution in [0.2, 0.25) is 0 Å². The average Bonchev–Trinajstić information content (AvgIpc) is 2.84. The predicted molar refractivity (Wildman–Crippen MR) is 74.9 cm³/mol. The van der Waals surface area contributed by atoms with Crippen LogP contribution >= 0.6 is 0 Å². The summed E-state index contributed by atoms with van der Waals surface area (Å²) in [4.78, 5) is 7.33. The van der Waals surface area contributed by atoms with E-state index in [4.69, 9.17) is 15.3 Å². The molecule has 100 valence electrons. The van der Waals surface area contributed by atoms with Crippen LogP contribution in [0, 0.1) is 22.7 Å². The molecule has 0 fully saturated rings. The van der Waals surface area contributed by atoms with E-state index < -0.39 is 0 Å². The fourth-order valence-electron chi connectivity index (χ4n) is 1.93. The van der Waals surface area contributed by atoms with E-state index in [1.165, 1.54) is 0 Å². The molecule has 0 unspecified atom stereocenters. The Bertz CT molecular complexity index is 712. The zero-order valence-electron chi connectivity index (χ0n) is 11.3. The van der Waals surface area contributed by atoms with E-state index in [-0.39, 0.29) is 11.7 Å². The molecule has 0 aliphatic carbocycles. The van der Waals surface area contributed by atoms with Gasteiger partial charge in [0.15, 0.2) is 0 Å². The molecule has 0 spiro atoms. The van der Waals surface area contributed by atoms with Gasteiger partial charge in [0.25, 0.3) is 0 Å². The molecule has 0 radical (unpaired) electrons. The summed E-state index contributed by atoms with van der Waals surface area (Å²) in [6.07, 6.45) is 5.67. The molecule has 0 aliphatic rings. The number of aromatic amines is 1. The standard InChI is InChI=1S/C15H14N4O/c1-10(2)20-13-5-6-18-15-14(13)12(9-19-15)4-3-11(7-16)8-17/h3,5-6,9-10H,4H2,1-2H3,(H,18,19). The number of pyridine rings is 1. The van der Waals surface area contributed by atoms with Crippen molar-refractivity contribution < 1.29 is 4.74 Å². The second kappa shape index (κ2) is 5.90. The van der Waals surface area contributed by atoms with E-state index in [9.17, 15) is 0 Å². The summed E-state index contributed by atoms with van der Waals surface area (Å²) in [5.74, 6) is 0.755. The number of allylic oxidation sites excluding steroid dienone is 2. The van der Waals surface area contributed by atoms with Gasteiger partial charge < -0.3 is 9.72 Å². The highest BCUT2D eigenvalue weighted by atomic mass is 16.5. The maximum absolute atomic E-state index is 8.76. The third-order valence-corrected chi connectivity index (χ3v) is 2.75. The largest absolute Gasteiger partial charge is 0.490 e. The predicted octanol–water partition coefficient (Wildman–Crippen LogP) is 2.87. The van der Waals surface area contributed by atoms with Gasteiger partial charge >= 0.3 is 0 Å². The Labute approximate surface area is 117 Å². The fraction of sp³-hybridized carbons (Fsp3) is 0.267. The maximum atomic E-state index is 8.76. The van der Waals surface area contributed by atoms with Crippen molar-refractivity contribution in [3.05, 3.63) is 35.7 Å². The molecule has 5 nitrogen and oxygen atoms in total. The molecule has 0 atom stereocenters. The Kier molecular flexibility index (Phi) is 4.02. The summed E-state index contributed by atoms with van der Waals surface area (Å²) in [6.45, 7) is 3.92. The first-order valence-corrected chi connectivity index (χ1v) is 6.27. The van der Waals surface area contributed by atoms with Gasteiger partial charge in [0.2, 0.25) is 0 Å². The Balaban J connectivity index is 2.43. The summed E-state index contributed by atoms with van der Waals surface area (Å²) in [7, 11) is 0. The smallest absolute Gasteiger partial charge is 0.141 e. The van der Waals surface area contributed by atoms with Gasteiger partial charge in [0.1, 0.15) is 29.1 Å². The highest BCUT2D eigenvalue weighted by Crippen LogP contribution is 2.28. The second-order valence-corrected chi connectivity index (χ2v) is 4.56. The molecule has 0 bridgehead atoms. The highest BCUT2D eigenvalue weighted by molar-refractivity contribution is 5.86. The van der Waals surface area contributed by atoms with Gasteiger partial charge in [-0.3, -0.25) is 0 Å². The minimum Gasteiger partial charge on any atom is -0.490 e. The summed E-state index contributed by atoms with van der Waals surface area (Å²) in [5.41, 5.74) is 1.79. The molecule has 2 rings (SSSR count). The Hall–Kier alpha value is -2.79. The zero-order valence-corrected chi connectivity index (χ0v) is 11.3. The molecule has 20 heavy (non-hydrogen) atoms. The van der Waals surface area contributed by atoms with Crippen molar-refractivity contribution in [2.75, 3.05) is 0 Å². The minimum absolute atomic E-state index is 0.0627. The van der Waals surface area contributed by atoms with Crippen LogP contribution < -0.4 is 4.74 Å². The van der Waals surface area contributed by atoms with Gasteiger partial charge in [-0.1, -0.05) is 6.08 Å². The lowest BCUT2D eigenvalue weighted by Gasteiger charge is -2.11. The maximum Gasteiger partial charge on any atom is 0.141 e. The van der Waals surface area contributed by atoms with E-state index >= 15 is 0 Å². The average molecular weight is 266 g/mol. The third kappa shape index (κ3) is 2.78. The van der Waals surface area contributed by atoms with Crippen molar-refractivity contribution in [3.8, 4) is 17.9 Å². The summed E-state index contributed by atoms with van der Waals surface area (Å²) < 4.78 is 5.78. The number of aromatic nitrogens is 2. The zero-order chi connectivity index (χ0) is 14.5. The number of H-pyrrole nitrogens is 1. The number of fused-ring (bicyclic) bond motifs is 1. The Morgan fingerprint density at radius 3 is 2.85 bits per heavy atom. The third-order valence-electron chi connectivity index (χ3n) is 2.75. The molecule has 2 aromatic heterocycles. The van der Waals surface area contributed by atoms with Crippen LogP contribution in [0.5, 0.6) is 5.75 Å². The van der Waals surface area contributed by atoms with E-state index in [1.807, 2.05) is 38.2 Å². The summed E-state index contributed by atoms with van der Waals surface area (Å²) in [6, 6.07) is 5.52. The van der Waals surface area contributed by atoms with Gasteiger partial charge in [-0.15, -0.1) is 0 Å². The van der Waals surface area contributed by atoms with Gasteiger partial charge in [-0.25, -0.2) is 4.98 Å². The van der Waals surface area contributed by atoms with Gasteiger partial charge in [-0.05, 0) is 31.9 Å². The van der Waals surface area contributed by atoms with Crippen molar-refractivity contribution in [2.45, 2.75) is 26.4 Å². The van der Waals surface area contributed by atoms with Crippen LogP contribution in [0.4, 0.5) is 0 Å². The number of nitrogens with zero attached hydrogens (tertiary/aromatic N) is 3. The van der Waals surface area contributed by atoms with Crippen molar-refractivity contribution in [3.63, 3.8) is 0 Å². The first kappa shape index (κ1) is 13.6. The first-order chi connectivity index (χ1) is 9.65. The number of rotatable bonds is 4. The number of nitriles is 2. The topological polar surface area (TPSA) is 85.5 Å². The van der Waals surface area contributed by atoms with Gasteiger partial charge in [0, 0.05) is 12.4 Å². The molecule has 0 aromatic carbocycles. The van der Waals surface area contributed by atoms with E-state index in [0.29, 0.717) is 6.42 Å². The first-order valence-electron chi connectivity index (χ1n) is 6.27. The van der Waals surface area contributed by atoms with Gasteiger partial charge in [-0.2, -0.15) is 10.5 Å². The van der Waals surface area contributed by atoms with Crippen LogP contribution in [0.25, 0.3) is 11.0 Å². The highest BCUT2D eigenvalue weighted by Gasteiger charge is 2.11. The van der Waals surface area contributed by atoms with Crippen LogP contribution in [0.3, 0.4) is 0 Å². The normalized spacial score (nSPS) is 10.1. The molecule has 0 amide bonds. The van der Waals surface area contributed by atoms with Crippen LogP contribution in [-0.4, -0.2) is 16.1 Å². The second-order valence-electron chi connectivity index (χ2n) is 4.56. The van der Waals surface area contributed by atoms with E-state index in [1.54, 1.807) is 12.3 Å². The molecule has 2 aromatic rings. The van der Waals surface area contributed by atoms with Crippen LogP contribution in [0.15, 0.2) is 30.1 Å². The Morgan fingerprint density at radius 1 is 1.45 bits per heavy atom. The minimum atomic E-state index is 0.0627. The van der Waals surface area contributed by atoms with E-state index in [0.717, 1.165) is 22.3 Å². The fourth-order valence-corrected chi connectivity index (χ4v) is 1.93. The number of nitrogens with one attached hydrogen (secondary N) is 1. The van der Waals surface area contributed by atoms with Gasteiger partial charge in [0.05, 0.1) is 11.5 Å². The monoisotopic (exact) mass is 266 g/mol. The van der Waals surface area contributed by atoms with Crippen LogP contribution in [0.1, 0.15) is 19.4 Å². The summed E-state index contributed by atoms with van der Waals surface area (Å²) in [5, 5.41) is 18.4. The van der Waals surface area contributed by atoms with Crippen LogP contribution in [-0.2, 0) is 6.42 Å². The summed E-state index contributed by atoms with van der Waals surface area (Å²) >= 11 is 0. The Morgan fingerprint density at radius 2 is 2.20 bits per heavy atom. The molecule has 0 aliphatic heterocycles. The lowest BCUT2D eigenvalue weighted by Crippen LogP contribution is -2.06. The van der Waals surface area contributed by atoms with Crippen molar-refractivity contribution in [1.82, 2.24) is 9.97 Å². The number of ether oxygens (including phenoxy) is 1. The quantitative estimate of drug-likeness (QED) is 0.862. The lowest BCUT2D eigenvalue weighted by molar-refractivity contribution is 0.245. The van der Waals surface area contributed by atoms with E-state index in [2.05, 4.69) is 9.97 Å². The molecular weight excluding hydrogens is 252 g/mol. The molecule has 1 N–H and O–H groups in total. The number of hydrogen-bond acceptors (Lipinski definition) is 4. The lowest BCUT2D eigenvalue weighted by atomic mass is 10.1. The SMILES string of the molecule is CC(C)Oc1ccnc2[nH]cc(CC=C(C#N)C#N)c12. The number of hydrogen-bond donors (Lipinski definition) is 1. The van der Waals surface area contributed by atoms with Crippen molar-refractivity contribution in [2.24, 2.45) is 0 Å².